The highest BCUT2D eigenvalue weighted by atomic mass is 16.2. The van der Waals surface area contributed by atoms with Crippen LogP contribution in [0.5, 0.6) is 0 Å². The molecule has 28 heavy (non-hydrogen) atoms. The Kier molecular flexibility index (Phi) is 5.59. The highest BCUT2D eigenvalue weighted by Gasteiger charge is 2.14. The number of hydrogen-bond acceptors (Lipinski definition) is 2. The smallest absolute Gasteiger partial charge is 0.255 e. The van der Waals surface area contributed by atoms with Crippen molar-refractivity contribution in [1.82, 2.24) is 0 Å². The molecule has 4 nitrogen and oxygen atoms in total. The van der Waals surface area contributed by atoms with Crippen LogP contribution in [-0.2, 0) is 5.41 Å². The van der Waals surface area contributed by atoms with Crippen LogP contribution in [0.15, 0.2) is 78.9 Å². The Morgan fingerprint density at radius 3 is 1.46 bits per heavy atom. The number of amides is 2. The van der Waals surface area contributed by atoms with Gasteiger partial charge in [0.1, 0.15) is 0 Å². The summed E-state index contributed by atoms with van der Waals surface area (Å²) in [6.45, 7) is 6.42. The van der Waals surface area contributed by atoms with Crippen LogP contribution in [0, 0.1) is 0 Å². The SMILES string of the molecule is CC(C)(C)c1ccc(C(=O)Nc2ccc(NC(=O)c3ccccc3)cc2)cc1. The van der Waals surface area contributed by atoms with Gasteiger partial charge in [0.2, 0.25) is 0 Å². The van der Waals surface area contributed by atoms with Crippen LogP contribution in [0.4, 0.5) is 11.4 Å². The molecular weight excluding hydrogens is 348 g/mol. The van der Waals surface area contributed by atoms with Gasteiger partial charge in [-0.2, -0.15) is 0 Å². The van der Waals surface area contributed by atoms with E-state index in [4.69, 9.17) is 0 Å². The number of hydrogen-bond donors (Lipinski definition) is 2. The van der Waals surface area contributed by atoms with E-state index in [1.165, 1.54) is 5.56 Å². The van der Waals surface area contributed by atoms with Gasteiger partial charge in [0.25, 0.3) is 11.8 Å². The first-order chi connectivity index (χ1) is 13.3. The molecule has 3 aromatic rings. The van der Waals surface area contributed by atoms with E-state index in [9.17, 15) is 9.59 Å². The van der Waals surface area contributed by atoms with E-state index in [1.807, 2.05) is 42.5 Å². The van der Waals surface area contributed by atoms with Crippen molar-refractivity contribution in [3.05, 3.63) is 95.6 Å². The maximum Gasteiger partial charge on any atom is 0.255 e. The van der Waals surface area contributed by atoms with E-state index < -0.39 is 0 Å². The Balaban J connectivity index is 1.62. The molecule has 2 amide bonds. The third-order valence-electron chi connectivity index (χ3n) is 4.45. The summed E-state index contributed by atoms with van der Waals surface area (Å²) in [5, 5.41) is 5.72. The van der Waals surface area contributed by atoms with Gasteiger partial charge >= 0.3 is 0 Å². The van der Waals surface area contributed by atoms with Crippen molar-refractivity contribution in [1.29, 1.82) is 0 Å². The molecule has 0 aliphatic rings. The van der Waals surface area contributed by atoms with Crippen molar-refractivity contribution >= 4 is 23.2 Å². The fraction of sp³-hybridized carbons (Fsp3) is 0.167. The molecule has 0 aliphatic carbocycles. The zero-order valence-corrected chi connectivity index (χ0v) is 16.3. The van der Waals surface area contributed by atoms with Crippen molar-refractivity contribution in [2.24, 2.45) is 0 Å². The Morgan fingerprint density at radius 1 is 0.607 bits per heavy atom. The molecule has 4 heteroatoms. The second-order valence-electron chi connectivity index (χ2n) is 7.68. The van der Waals surface area contributed by atoms with E-state index in [1.54, 1.807) is 36.4 Å². The summed E-state index contributed by atoms with van der Waals surface area (Å²) in [5.41, 5.74) is 3.77. The zero-order valence-electron chi connectivity index (χ0n) is 16.3. The van der Waals surface area contributed by atoms with Crippen LogP contribution in [0.1, 0.15) is 47.1 Å². The van der Waals surface area contributed by atoms with Gasteiger partial charge in [-0.25, -0.2) is 0 Å². The van der Waals surface area contributed by atoms with Gasteiger partial charge in [-0.1, -0.05) is 51.1 Å². The van der Waals surface area contributed by atoms with E-state index >= 15 is 0 Å². The molecule has 0 saturated carbocycles. The number of rotatable bonds is 4. The molecule has 0 bridgehead atoms. The monoisotopic (exact) mass is 372 g/mol. The lowest BCUT2D eigenvalue weighted by atomic mass is 9.87. The molecule has 0 aliphatic heterocycles. The summed E-state index contributed by atoms with van der Waals surface area (Å²) in [4.78, 5) is 24.6. The third kappa shape index (κ3) is 4.86. The Morgan fingerprint density at radius 2 is 1.04 bits per heavy atom. The summed E-state index contributed by atoms with van der Waals surface area (Å²) in [6, 6.07) is 23.7. The van der Waals surface area contributed by atoms with Crippen LogP contribution in [0.3, 0.4) is 0 Å². The molecule has 0 spiro atoms. The predicted octanol–water partition coefficient (Wildman–Crippen LogP) is 5.49. The zero-order chi connectivity index (χ0) is 20.1. The van der Waals surface area contributed by atoms with Gasteiger partial charge in [-0.3, -0.25) is 9.59 Å². The minimum atomic E-state index is -0.170. The molecule has 142 valence electrons. The molecule has 0 unspecified atom stereocenters. The number of nitrogens with one attached hydrogen (secondary N) is 2. The quantitative estimate of drug-likeness (QED) is 0.636. The number of anilines is 2. The number of carbonyl (C=O) groups is 2. The van der Waals surface area contributed by atoms with E-state index in [2.05, 4.69) is 31.4 Å². The van der Waals surface area contributed by atoms with Crippen molar-refractivity contribution < 1.29 is 9.59 Å². The summed E-state index contributed by atoms with van der Waals surface area (Å²) >= 11 is 0. The van der Waals surface area contributed by atoms with Crippen LogP contribution in [0.25, 0.3) is 0 Å². The van der Waals surface area contributed by atoms with Gasteiger partial charge in [0.05, 0.1) is 0 Å². The molecule has 0 aromatic heterocycles. The lowest BCUT2D eigenvalue weighted by Gasteiger charge is -2.19. The molecule has 0 atom stereocenters. The Bertz CT molecular complexity index is 954. The molecule has 3 aromatic carbocycles. The first kappa shape index (κ1) is 19.4. The normalized spacial score (nSPS) is 11.0. The molecule has 2 N–H and O–H groups in total. The van der Waals surface area contributed by atoms with Crippen molar-refractivity contribution in [3.63, 3.8) is 0 Å². The third-order valence-corrected chi connectivity index (χ3v) is 4.45. The molecule has 0 saturated heterocycles. The van der Waals surface area contributed by atoms with Crippen molar-refractivity contribution in [3.8, 4) is 0 Å². The number of carbonyl (C=O) groups excluding carboxylic acids is 2. The predicted molar refractivity (Wildman–Crippen MR) is 114 cm³/mol. The van der Waals surface area contributed by atoms with Gasteiger partial charge in [-0.15, -0.1) is 0 Å². The minimum Gasteiger partial charge on any atom is -0.322 e. The summed E-state index contributed by atoms with van der Waals surface area (Å²) in [5.74, 6) is -0.335. The second kappa shape index (κ2) is 8.09. The lowest BCUT2D eigenvalue weighted by molar-refractivity contribution is 0.101. The fourth-order valence-electron chi connectivity index (χ4n) is 2.75. The van der Waals surface area contributed by atoms with Crippen molar-refractivity contribution in [2.75, 3.05) is 10.6 Å². The largest absolute Gasteiger partial charge is 0.322 e. The first-order valence-electron chi connectivity index (χ1n) is 9.21. The molecule has 0 radical (unpaired) electrons. The lowest BCUT2D eigenvalue weighted by Crippen LogP contribution is -2.14. The summed E-state index contributed by atoms with van der Waals surface area (Å²) < 4.78 is 0. The minimum absolute atomic E-state index is 0.0506. The van der Waals surface area contributed by atoms with Gasteiger partial charge < -0.3 is 10.6 Å². The Hall–Kier alpha value is -3.40. The van der Waals surface area contributed by atoms with E-state index in [0.717, 1.165) is 0 Å². The molecular formula is C24H24N2O2. The summed E-state index contributed by atoms with van der Waals surface area (Å²) in [7, 11) is 0. The number of benzene rings is 3. The van der Waals surface area contributed by atoms with Gasteiger partial charge in [-0.05, 0) is 59.5 Å². The highest BCUT2D eigenvalue weighted by Crippen LogP contribution is 2.22. The first-order valence-corrected chi connectivity index (χ1v) is 9.21. The van der Waals surface area contributed by atoms with Crippen LogP contribution >= 0.6 is 0 Å². The van der Waals surface area contributed by atoms with Gasteiger partial charge in [0.15, 0.2) is 0 Å². The van der Waals surface area contributed by atoms with Crippen molar-refractivity contribution in [2.45, 2.75) is 26.2 Å². The van der Waals surface area contributed by atoms with Gasteiger partial charge in [0, 0.05) is 22.5 Å². The standard InChI is InChI=1S/C24H24N2O2/c1-24(2,3)19-11-9-18(10-12-19)23(28)26-21-15-13-20(14-16-21)25-22(27)17-7-5-4-6-8-17/h4-16H,1-3H3,(H,25,27)(H,26,28). The average molecular weight is 372 g/mol. The molecule has 0 heterocycles. The van der Waals surface area contributed by atoms with Crippen LogP contribution in [-0.4, -0.2) is 11.8 Å². The van der Waals surface area contributed by atoms with Crippen LogP contribution in [0.2, 0.25) is 0 Å². The summed E-state index contributed by atoms with van der Waals surface area (Å²) in [6.07, 6.45) is 0. The second-order valence-corrected chi connectivity index (χ2v) is 7.68. The van der Waals surface area contributed by atoms with E-state index in [-0.39, 0.29) is 17.2 Å². The maximum atomic E-state index is 12.4. The molecule has 3 rings (SSSR count). The molecule has 0 fully saturated rings. The van der Waals surface area contributed by atoms with Crippen LogP contribution < -0.4 is 10.6 Å². The maximum absolute atomic E-state index is 12.4. The average Bonchev–Trinajstić information content (AvgIpc) is 2.69. The Labute approximate surface area is 165 Å². The van der Waals surface area contributed by atoms with E-state index in [0.29, 0.717) is 22.5 Å². The highest BCUT2D eigenvalue weighted by molar-refractivity contribution is 6.05. The fourth-order valence-corrected chi connectivity index (χ4v) is 2.75. The topological polar surface area (TPSA) is 58.2 Å².